The molecule has 0 radical (unpaired) electrons. The number of hydrogen-bond acceptors (Lipinski definition) is 2. The van der Waals surface area contributed by atoms with Gasteiger partial charge in [-0.3, -0.25) is 0 Å². The van der Waals surface area contributed by atoms with Crippen molar-refractivity contribution in [1.29, 1.82) is 0 Å². The molecule has 0 aliphatic carbocycles. The molecule has 1 amide bonds. The van der Waals surface area contributed by atoms with Gasteiger partial charge in [-0.15, -0.1) is 0 Å². The van der Waals surface area contributed by atoms with Crippen molar-refractivity contribution in [3.05, 3.63) is 0 Å². The summed E-state index contributed by atoms with van der Waals surface area (Å²) >= 11 is 0. The minimum Gasteiger partial charge on any atom is -0.465 e. The number of nitrogens with zero attached hydrogens (tertiary/aromatic N) is 1. The van der Waals surface area contributed by atoms with E-state index in [1.165, 1.54) is 4.90 Å². The highest BCUT2D eigenvalue weighted by atomic mass is 16.6. The number of epoxide rings is 1. The summed E-state index contributed by atoms with van der Waals surface area (Å²) in [4.78, 5) is 12.0. The van der Waals surface area contributed by atoms with E-state index in [2.05, 4.69) is 0 Å². The van der Waals surface area contributed by atoms with Gasteiger partial charge < -0.3 is 14.7 Å². The molecule has 2 rings (SSSR count). The van der Waals surface area contributed by atoms with Crippen molar-refractivity contribution < 1.29 is 14.6 Å². The average molecular weight is 157 g/mol. The third kappa shape index (κ3) is 1.30. The van der Waals surface area contributed by atoms with Gasteiger partial charge in [0.15, 0.2) is 0 Å². The van der Waals surface area contributed by atoms with Crippen LogP contribution in [0, 0.1) is 0 Å². The van der Waals surface area contributed by atoms with Crippen LogP contribution in [0.2, 0.25) is 0 Å². The van der Waals surface area contributed by atoms with Crippen LogP contribution in [0.25, 0.3) is 0 Å². The number of ether oxygens (including phenoxy) is 1. The first-order valence-electron chi connectivity index (χ1n) is 3.91. The van der Waals surface area contributed by atoms with Gasteiger partial charge in [0.1, 0.15) is 6.10 Å². The second-order valence-corrected chi connectivity index (χ2v) is 3.08. The van der Waals surface area contributed by atoms with Gasteiger partial charge in [0.25, 0.3) is 0 Å². The summed E-state index contributed by atoms with van der Waals surface area (Å²) in [7, 11) is 0. The number of amides is 1. The summed E-state index contributed by atoms with van der Waals surface area (Å²) in [5.74, 6) is 0. The van der Waals surface area contributed by atoms with Gasteiger partial charge in [0, 0.05) is 6.54 Å². The second kappa shape index (κ2) is 2.37. The Morgan fingerprint density at radius 2 is 2.36 bits per heavy atom. The predicted molar refractivity (Wildman–Crippen MR) is 37.5 cm³/mol. The van der Waals surface area contributed by atoms with E-state index in [4.69, 9.17) is 9.84 Å². The monoisotopic (exact) mass is 157 g/mol. The van der Waals surface area contributed by atoms with E-state index in [1.54, 1.807) is 0 Å². The van der Waals surface area contributed by atoms with Gasteiger partial charge in [-0.25, -0.2) is 4.79 Å². The third-order valence-corrected chi connectivity index (χ3v) is 2.28. The highest BCUT2D eigenvalue weighted by Crippen LogP contribution is 2.30. The highest BCUT2D eigenvalue weighted by Gasteiger charge is 2.42. The fourth-order valence-electron chi connectivity index (χ4n) is 1.56. The van der Waals surface area contributed by atoms with E-state index in [-0.39, 0.29) is 6.10 Å². The fourth-order valence-corrected chi connectivity index (χ4v) is 1.56. The summed E-state index contributed by atoms with van der Waals surface area (Å²) in [6.45, 7) is 1.24. The molecule has 2 saturated heterocycles. The van der Waals surface area contributed by atoms with Crippen LogP contribution in [0.15, 0.2) is 0 Å². The van der Waals surface area contributed by atoms with Gasteiger partial charge in [0.05, 0.1) is 12.6 Å². The van der Waals surface area contributed by atoms with E-state index in [0.29, 0.717) is 19.2 Å². The molecule has 2 aliphatic heterocycles. The first-order valence-corrected chi connectivity index (χ1v) is 3.91. The van der Waals surface area contributed by atoms with Gasteiger partial charge in [0.2, 0.25) is 0 Å². The van der Waals surface area contributed by atoms with Crippen molar-refractivity contribution >= 4 is 6.09 Å². The molecule has 0 bridgehead atoms. The van der Waals surface area contributed by atoms with Crippen LogP contribution in [-0.4, -0.2) is 41.4 Å². The third-order valence-electron chi connectivity index (χ3n) is 2.28. The predicted octanol–water partition coefficient (Wildman–Crippen LogP) is 0.528. The quantitative estimate of drug-likeness (QED) is 0.522. The van der Waals surface area contributed by atoms with Gasteiger partial charge in [-0.05, 0) is 12.8 Å². The van der Waals surface area contributed by atoms with Crippen LogP contribution < -0.4 is 0 Å². The first kappa shape index (κ1) is 6.91. The van der Waals surface area contributed by atoms with Crippen LogP contribution in [0.4, 0.5) is 4.79 Å². The molecule has 4 nitrogen and oxygen atoms in total. The Hall–Kier alpha value is -0.770. The highest BCUT2D eigenvalue weighted by molar-refractivity contribution is 5.65. The van der Waals surface area contributed by atoms with Crippen molar-refractivity contribution in [1.82, 2.24) is 4.90 Å². The Balaban J connectivity index is 1.95. The van der Waals surface area contributed by atoms with Crippen molar-refractivity contribution in [3.63, 3.8) is 0 Å². The lowest BCUT2D eigenvalue weighted by Gasteiger charge is -2.15. The zero-order valence-electron chi connectivity index (χ0n) is 6.19. The molecule has 0 aromatic heterocycles. The molecule has 62 valence electrons. The number of carboxylic acid groups (broad SMARTS) is 1. The molecule has 0 aromatic carbocycles. The molecule has 2 heterocycles. The second-order valence-electron chi connectivity index (χ2n) is 3.08. The topological polar surface area (TPSA) is 53.1 Å². The van der Waals surface area contributed by atoms with Crippen molar-refractivity contribution in [2.24, 2.45) is 0 Å². The molecule has 0 saturated carbocycles. The molecule has 11 heavy (non-hydrogen) atoms. The molecular weight excluding hydrogens is 146 g/mol. The van der Waals surface area contributed by atoms with Gasteiger partial charge in [-0.2, -0.15) is 0 Å². The lowest BCUT2D eigenvalue weighted by atomic mass is 10.2. The molecule has 2 aliphatic rings. The van der Waals surface area contributed by atoms with E-state index in [9.17, 15) is 4.79 Å². The van der Waals surface area contributed by atoms with E-state index >= 15 is 0 Å². The summed E-state index contributed by atoms with van der Waals surface area (Å²) in [5, 5.41) is 8.67. The molecule has 0 aromatic rings. The van der Waals surface area contributed by atoms with Crippen LogP contribution in [0.3, 0.4) is 0 Å². The summed E-state index contributed by atoms with van der Waals surface area (Å²) < 4.78 is 5.23. The summed E-state index contributed by atoms with van der Waals surface area (Å²) in [6, 6.07) is 0. The maximum absolute atomic E-state index is 10.5. The maximum Gasteiger partial charge on any atom is 0.407 e. The minimum atomic E-state index is -0.818. The number of fused-ring (bicyclic) bond motifs is 1. The molecule has 2 unspecified atom stereocenters. The van der Waals surface area contributed by atoms with Crippen molar-refractivity contribution in [2.45, 2.75) is 25.0 Å². The largest absolute Gasteiger partial charge is 0.465 e. The molecule has 1 N–H and O–H groups in total. The number of hydrogen-bond donors (Lipinski definition) is 1. The Bertz CT molecular complexity index is 183. The van der Waals surface area contributed by atoms with Crippen molar-refractivity contribution in [3.8, 4) is 0 Å². The van der Waals surface area contributed by atoms with Crippen LogP contribution in [0.5, 0.6) is 0 Å². The van der Waals surface area contributed by atoms with Crippen LogP contribution >= 0.6 is 0 Å². The molecular formula is C7H11NO3. The molecule has 0 spiro atoms. The lowest BCUT2D eigenvalue weighted by Crippen LogP contribution is -2.32. The Labute approximate surface area is 64.7 Å². The summed E-state index contributed by atoms with van der Waals surface area (Å²) in [6.07, 6.45) is 1.70. The maximum atomic E-state index is 10.5. The van der Waals surface area contributed by atoms with Gasteiger partial charge >= 0.3 is 6.09 Å². The van der Waals surface area contributed by atoms with E-state index in [1.807, 2.05) is 0 Å². The number of likely N-dealkylation sites (tertiary alicyclic amines) is 1. The molecule has 2 fully saturated rings. The first-order chi connectivity index (χ1) is 5.27. The normalized spacial score (nSPS) is 35.8. The smallest absolute Gasteiger partial charge is 0.407 e. The molecule has 2 atom stereocenters. The molecule has 4 heteroatoms. The minimum absolute atomic E-state index is 0.202. The zero-order chi connectivity index (χ0) is 7.84. The van der Waals surface area contributed by atoms with Crippen LogP contribution in [-0.2, 0) is 4.74 Å². The Morgan fingerprint density at radius 1 is 1.55 bits per heavy atom. The summed E-state index contributed by atoms with van der Waals surface area (Å²) in [5.41, 5.74) is 0. The Morgan fingerprint density at radius 3 is 3.09 bits per heavy atom. The SMILES string of the molecule is O=C(O)N1CCCC2OC2C1. The van der Waals surface area contributed by atoms with Crippen molar-refractivity contribution in [2.75, 3.05) is 13.1 Å². The lowest BCUT2D eigenvalue weighted by molar-refractivity contribution is 0.138. The van der Waals surface area contributed by atoms with E-state index in [0.717, 1.165) is 12.8 Å². The standard InChI is InChI=1S/C7H11NO3/c9-7(10)8-3-1-2-5-6(4-8)11-5/h5-6H,1-4H2,(H,9,10). The fraction of sp³-hybridized carbons (Fsp3) is 0.857. The Kier molecular flexibility index (Phi) is 1.49. The van der Waals surface area contributed by atoms with E-state index < -0.39 is 6.09 Å². The number of rotatable bonds is 0. The zero-order valence-corrected chi connectivity index (χ0v) is 6.19. The van der Waals surface area contributed by atoms with Gasteiger partial charge in [-0.1, -0.05) is 0 Å². The number of carbonyl (C=O) groups is 1. The van der Waals surface area contributed by atoms with Crippen LogP contribution in [0.1, 0.15) is 12.8 Å². The average Bonchev–Trinajstić information content (AvgIpc) is 2.59.